The van der Waals surface area contributed by atoms with Crippen molar-refractivity contribution in [1.82, 2.24) is 4.90 Å². The first-order valence-electron chi connectivity index (χ1n) is 10.8. The quantitative estimate of drug-likeness (QED) is 0.426. The highest BCUT2D eigenvalue weighted by atomic mass is 16.5. The lowest BCUT2D eigenvalue weighted by Crippen LogP contribution is -2.32. The molecule has 2 aliphatic rings. The lowest BCUT2D eigenvalue weighted by Gasteiger charge is -2.28. The van der Waals surface area contributed by atoms with Crippen LogP contribution in [0.5, 0.6) is 5.75 Å². The van der Waals surface area contributed by atoms with Gasteiger partial charge in [0.15, 0.2) is 0 Å². The maximum absolute atomic E-state index is 13.1. The molecule has 2 aromatic rings. The molecule has 1 amide bonds. The number of anilines is 1. The number of aryl methyl sites for hydroxylation is 1. The number of methoxy groups -OCH3 is 1. The molecule has 1 unspecified atom stereocenters. The molecule has 0 radical (unpaired) electrons. The molecule has 0 aromatic heterocycles. The van der Waals surface area contributed by atoms with Crippen LogP contribution in [0.15, 0.2) is 48.0 Å². The molecule has 0 bridgehead atoms. The summed E-state index contributed by atoms with van der Waals surface area (Å²) in [7, 11) is 3.50. The Kier molecular flexibility index (Phi) is 6.19. The molecule has 2 heterocycles. The van der Waals surface area contributed by atoms with Crippen LogP contribution in [0.3, 0.4) is 0 Å². The average molecular weight is 437 g/mol. The molecule has 168 valence electrons. The number of carbonyl (C=O) groups is 2. The van der Waals surface area contributed by atoms with Crippen molar-refractivity contribution >= 4 is 23.1 Å². The van der Waals surface area contributed by atoms with Crippen molar-refractivity contribution in [3.63, 3.8) is 0 Å². The van der Waals surface area contributed by atoms with Gasteiger partial charge in [-0.15, -0.1) is 0 Å². The van der Waals surface area contributed by atoms with Crippen LogP contribution in [-0.4, -0.2) is 62.2 Å². The highest BCUT2D eigenvalue weighted by molar-refractivity contribution is 6.46. The first kappa shape index (κ1) is 21.9. The van der Waals surface area contributed by atoms with Crippen LogP contribution < -0.4 is 9.64 Å². The molecule has 7 heteroatoms. The topological polar surface area (TPSA) is 79.3 Å². The molecule has 1 fully saturated rings. The van der Waals surface area contributed by atoms with E-state index in [1.807, 2.05) is 36.2 Å². The lowest BCUT2D eigenvalue weighted by atomic mass is 9.94. The Morgan fingerprint density at radius 1 is 1.19 bits per heavy atom. The first-order chi connectivity index (χ1) is 15.5. The van der Waals surface area contributed by atoms with Gasteiger partial charge in [-0.3, -0.25) is 9.59 Å². The van der Waals surface area contributed by atoms with E-state index in [0.717, 1.165) is 35.5 Å². The molecule has 1 atom stereocenters. The molecule has 0 saturated carbocycles. The van der Waals surface area contributed by atoms with Crippen molar-refractivity contribution in [3.8, 4) is 5.75 Å². The molecule has 0 aliphatic carbocycles. The summed E-state index contributed by atoms with van der Waals surface area (Å²) in [5, 5.41) is 11.3. The zero-order chi connectivity index (χ0) is 22.8. The predicted octanol–water partition coefficient (Wildman–Crippen LogP) is 3.15. The number of likely N-dealkylation sites (tertiary alicyclic amines) is 1. The number of hydrogen-bond donors (Lipinski definition) is 1. The Hall–Kier alpha value is -3.32. The minimum absolute atomic E-state index is 0.0923. The van der Waals surface area contributed by atoms with Crippen LogP contribution in [0.4, 0.5) is 5.69 Å². The highest BCUT2D eigenvalue weighted by Crippen LogP contribution is 2.41. The van der Waals surface area contributed by atoms with Crippen molar-refractivity contribution < 1.29 is 24.2 Å². The minimum Gasteiger partial charge on any atom is -0.507 e. The van der Waals surface area contributed by atoms with Gasteiger partial charge in [-0.2, -0.15) is 0 Å². The fourth-order valence-corrected chi connectivity index (χ4v) is 4.24. The molecule has 1 N–H and O–H groups in total. The number of benzene rings is 2. The number of hydrogen-bond acceptors (Lipinski definition) is 6. The molecule has 4 rings (SSSR count). The minimum atomic E-state index is -0.689. The Bertz CT molecular complexity index is 1060. The van der Waals surface area contributed by atoms with Gasteiger partial charge in [0.05, 0.1) is 30.5 Å². The van der Waals surface area contributed by atoms with Crippen LogP contribution in [0.1, 0.15) is 29.7 Å². The van der Waals surface area contributed by atoms with Gasteiger partial charge in [0, 0.05) is 26.3 Å². The van der Waals surface area contributed by atoms with E-state index in [-0.39, 0.29) is 24.5 Å². The van der Waals surface area contributed by atoms with Crippen molar-refractivity contribution in [1.29, 1.82) is 0 Å². The molecule has 2 aliphatic heterocycles. The van der Waals surface area contributed by atoms with Crippen LogP contribution >= 0.6 is 0 Å². The SMILES string of the molecule is CCc1ccc(C2/C(=C(/O)c3ccc4c(c3)N(C)CCO4)C(=O)C(=O)N2CCOC)cc1. The molecule has 1 saturated heterocycles. The Morgan fingerprint density at radius 2 is 1.94 bits per heavy atom. The largest absolute Gasteiger partial charge is 0.507 e. The summed E-state index contributed by atoms with van der Waals surface area (Å²) in [5.41, 5.74) is 3.33. The van der Waals surface area contributed by atoms with Crippen molar-refractivity contribution in [2.75, 3.05) is 45.4 Å². The van der Waals surface area contributed by atoms with E-state index in [1.165, 1.54) is 4.90 Å². The molecular formula is C25H28N2O5. The van der Waals surface area contributed by atoms with Crippen molar-refractivity contribution in [2.24, 2.45) is 0 Å². The summed E-state index contributed by atoms with van der Waals surface area (Å²) in [5.74, 6) is -0.783. The second kappa shape index (κ2) is 9.04. The van der Waals surface area contributed by atoms with Crippen LogP contribution in [0.25, 0.3) is 5.76 Å². The Morgan fingerprint density at radius 3 is 2.62 bits per heavy atom. The van der Waals surface area contributed by atoms with E-state index in [9.17, 15) is 14.7 Å². The zero-order valence-electron chi connectivity index (χ0n) is 18.6. The predicted molar refractivity (Wildman–Crippen MR) is 122 cm³/mol. The van der Waals surface area contributed by atoms with Crippen LogP contribution in [-0.2, 0) is 20.7 Å². The maximum Gasteiger partial charge on any atom is 0.295 e. The number of nitrogens with zero attached hydrogens (tertiary/aromatic N) is 2. The average Bonchev–Trinajstić information content (AvgIpc) is 3.07. The van der Waals surface area contributed by atoms with Crippen molar-refractivity contribution in [3.05, 3.63) is 64.7 Å². The summed E-state index contributed by atoms with van der Waals surface area (Å²) in [6, 6.07) is 12.4. The number of aliphatic hydroxyl groups is 1. The summed E-state index contributed by atoms with van der Waals surface area (Å²) in [4.78, 5) is 29.5. The summed E-state index contributed by atoms with van der Waals surface area (Å²) in [6.07, 6.45) is 0.884. The van der Waals surface area contributed by atoms with Gasteiger partial charge in [-0.05, 0) is 35.7 Å². The summed E-state index contributed by atoms with van der Waals surface area (Å²) < 4.78 is 10.8. The van der Waals surface area contributed by atoms with E-state index in [0.29, 0.717) is 12.2 Å². The fraction of sp³-hybridized carbons (Fsp3) is 0.360. The number of Topliss-reactive ketones (excluding diaryl/α,β-unsaturated/α-hetero) is 1. The van der Waals surface area contributed by atoms with Gasteiger partial charge in [0.2, 0.25) is 0 Å². The molecule has 7 nitrogen and oxygen atoms in total. The van der Waals surface area contributed by atoms with Gasteiger partial charge in [-0.1, -0.05) is 31.2 Å². The third-order valence-corrected chi connectivity index (χ3v) is 6.11. The van der Waals surface area contributed by atoms with E-state index < -0.39 is 17.7 Å². The smallest absolute Gasteiger partial charge is 0.295 e. The lowest BCUT2D eigenvalue weighted by molar-refractivity contribution is -0.140. The molecule has 32 heavy (non-hydrogen) atoms. The number of ether oxygens (including phenoxy) is 2. The Balaban J connectivity index is 1.83. The van der Waals surface area contributed by atoms with Gasteiger partial charge >= 0.3 is 0 Å². The molecule has 2 aromatic carbocycles. The van der Waals surface area contributed by atoms with Gasteiger partial charge in [0.1, 0.15) is 18.1 Å². The van der Waals surface area contributed by atoms with Crippen LogP contribution in [0.2, 0.25) is 0 Å². The number of rotatable bonds is 6. The monoisotopic (exact) mass is 436 g/mol. The normalized spacial score (nSPS) is 19.8. The Labute approximate surface area is 187 Å². The molecular weight excluding hydrogens is 408 g/mol. The number of likely N-dealkylation sites (N-methyl/N-ethyl adjacent to an activating group) is 1. The molecule has 0 spiro atoms. The third kappa shape index (κ3) is 3.84. The van der Waals surface area contributed by atoms with Gasteiger partial charge < -0.3 is 24.4 Å². The second-order valence-corrected chi connectivity index (χ2v) is 8.03. The van der Waals surface area contributed by atoms with E-state index >= 15 is 0 Å². The third-order valence-electron chi connectivity index (χ3n) is 6.11. The van der Waals surface area contributed by atoms with E-state index in [1.54, 1.807) is 25.3 Å². The number of aliphatic hydroxyl groups excluding tert-OH is 1. The van der Waals surface area contributed by atoms with E-state index in [2.05, 4.69) is 6.92 Å². The zero-order valence-corrected chi connectivity index (χ0v) is 18.6. The fourth-order valence-electron chi connectivity index (χ4n) is 4.24. The number of amides is 1. The number of carbonyl (C=O) groups excluding carboxylic acids is 2. The van der Waals surface area contributed by atoms with Crippen LogP contribution in [0, 0.1) is 0 Å². The van der Waals surface area contributed by atoms with Gasteiger partial charge in [0.25, 0.3) is 11.7 Å². The standard InChI is InChI=1S/C25H28N2O5/c1-4-16-5-7-17(8-6-16)22-21(24(29)25(30)27(22)12-13-31-3)23(28)18-9-10-20-19(15-18)26(2)11-14-32-20/h5-10,15,22,28H,4,11-14H2,1-3H3/b23-21-. The summed E-state index contributed by atoms with van der Waals surface area (Å²) >= 11 is 0. The van der Waals surface area contributed by atoms with Gasteiger partial charge in [-0.25, -0.2) is 0 Å². The van der Waals surface area contributed by atoms with Crippen molar-refractivity contribution in [2.45, 2.75) is 19.4 Å². The van der Waals surface area contributed by atoms with E-state index in [4.69, 9.17) is 9.47 Å². The number of fused-ring (bicyclic) bond motifs is 1. The number of ketones is 1. The maximum atomic E-state index is 13.1. The second-order valence-electron chi connectivity index (χ2n) is 8.03. The highest BCUT2D eigenvalue weighted by Gasteiger charge is 2.45. The first-order valence-corrected chi connectivity index (χ1v) is 10.8. The summed E-state index contributed by atoms with van der Waals surface area (Å²) in [6.45, 7) is 3.92.